The molecule has 2 atom stereocenters. The number of rotatable bonds is 6. The minimum Gasteiger partial charge on any atom is -0.491 e. The van der Waals surface area contributed by atoms with Crippen molar-refractivity contribution in [1.82, 2.24) is 5.32 Å². The lowest BCUT2D eigenvalue weighted by Gasteiger charge is -2.25. The molecule has 1 rings (SSSR count). The third-order valence-electron chi connectivity index (χ3n) is 3.38. The molecule has 0 aliphatic rings. The minimum absolute atomic E-state index is 0.0120. The summed E-state index contributed by atoms with van der Waals surface area (Å²) in [5.41, 5.74) is 0.759. The van der Waals surface area contributed by atoms with Gasteiger partial charge >= 0.3 is 0 Å². The highest BCUT2D eigenvalue weighted by atomic mass is 16.5. The Bertz CT molecular complexity index is 433. The van der Waals surface area contributed by atoms with Crippen molar-refractivity contribution in [2.45, 2.75) is 51.7 Å². The van der Waals surface area contributed by atoms with Crippen LogP contribution in [0.2, 0.25) is 0 Å². The van der Waals surface area contributed by atoms with Gasteiger partial charge in [0.1, 0.15) is 11.3 Å². The van der Waals surface area contributed by atoms with Crippen molar-refractivity contribution < 1.29 is 4.74 Å². The molecule has 0 heterocycles. The Kier molecular flexibility index (Phi) is 5.38. The van der Waals surface area contributed by atoms with Gasteiger partial charge in [-0.15, -0.1) is 0 Å². The van der Waals surface area contributed by atoms with Gasteiger partial charge in [0.15, 0.2) is 0 Å². The van der Waals surface area contributed by atoms with E-state index < -0.39 is 5.54 Å². The largest absolute Gasteiger partial charge is 0.491 e. The van der Waals surface area contributed by atoms with Crippen molar-refractivity contribution in [3.63, 3.8) is 0 Å². The number of nitrogens with zero attached hydrogens (tertiary/aromatic N) is 1. The highest BCUT2D eigenvalue weighted by Crippen LogP contribution is 2.21. The molecule has 1 aromatic rings. The van der Waals surface area contributed by atoms with Crippen molar-refractivity contribution in [3.8, 4) is 11.8 Å². The molecule has 0 aromatic heterocycles. The molecule has 0 bridgehead atoms. The summed E-state index contributed by atoms with van der Waals surface area (Å²) in [7, 11) is 1.80. The predicted octanol–water partition coefficient (Wildman–Crippen LogP) is 3.47. The average Bonchev–Trinajstić information content (AvgIpc) is 2.39. The van der Waals surface area contributed by atoms with E-state index in [-0.39, 0.29) is 6.10 Å². The van der Waals surface area contributed by atoms with E-state index in [0.717, 1.165) is 5.75 Å². The molecule has 1 aromatic carbocycles. The molecule has 1 N–H and O–H groups in total. The summed E-state index contributed by atoms with van der Waals surface area (Å²) in [6.07, 6.45) is 0.633. The Morgan fingerprint density at radius 1 is 1.26 bits per heavy atom. The number of ether oxygens (including phenoxy) is 1. The van der Waals surface area contributed by atoms with Crippen molar-refractivity contribution in [2.75, 3.05) is 7.05 Å². The Hall–Kier alpha value is -1.53. The average molecular weight is 260 g/mol. The van der Waals surface area contributed by atoms with Crippen LogP contribution in [0.3, 0.4) is 0 Å². The Balaban J connectivity index is 2.62. The third-order valence-corrected chi connectivity index (χ3v) is 3.38. The Morgan fingerprint density at radius 2 is 1.84 bits per heavy atom. The smallest absolute Gasteiger partial charge is 0.119 e. The van der Waals surface area contributed by atoms with Gasteiger partial charge in [0, 0.05) is 6.42 Å². The van der Waals surface area contributed by atoms with Crippen molar-refractivity contribution in [2.24, 2.45) is 0 Å². The molecular formula is C16H24N2O. The summed E-state index contributed by atoms with van der Waals surface area (Å²) in [6, 6.07) is 10.5. The normalized spacial score (nSPS) is 15.6. The van der Waals surface area contributed by atoms with E-state index in [1.54, 1.807) is 7.05 Å². The molecule has 0 radical (unpaired) electrons. The van der Waals surface area contributed by atoms with E-state index in [4.69, 9.17) is 10.00 Å². The van der Waals surface area contributed by atoms with E-state index in [1.807, 2.05) is 26.0 Å². The van der Waals surface area contributed by atoms with Crippen molar-refractivity contribution in [1.29, 1.82) is 5.26 Å². The van der Waals surface area contributed by atoms with Crippen LogP contribution >= 0.6 is 0 Å². The lowest BCUT2D eigenvalue weighted by molar-refractivity contribution is 0.182. The van der Waals surface area contributed by atoms with Crippen LogP contribution in [-0.2, 0) is 0 Å². The summed E-state index contributed by atoms with van der Waals surface area (Å²) in [4.78, 5) is 0. The molecule has 3 heteroatoms. The van der Waals surface area contributed by atoms with Gasteiger partial charge in [-0.2, -0.15) is 5.26 Å². The maximum Gasteiger partial charge on any atom is 0.119 e. The van der Waals surface area contributed by atoms with E-state index in [9.17, 15) is 0 Å². The van der Waals surface area contributed by atoms with Crippen molar-refractivity contribution >= 4 is 0 Å². The highest BCUT2D eigenvalue weighted by molar-refractivity contribution is 5.29. The zero-order valence-corrected chi connectivity index (χ0v) is 12.5. The second-order valence-corrected chi connectivity index (χ2v) is 5.55. The fourth-order valence-electron chi connectivity index (χ4n) is 1.98. The molecule has 0 saturated carbocycles. The van der Waals surface area contributed by atoms with Gasteiger partial charge < -0.3 is 10.1 Å². The molecule has 0 fully saturated rings. The molecule has 0 saturated heterocycles. The zero-order chi connectivity index (χ0) is 14.5. The van der Waals surface area contributed by atoms with Gasteiger partial charge in [0.25, 0.3) is 0 Å². The quantitative estimate of drug-likeness (QED) is 0.851. The first-order chi connectivity index (χ1) is 8.90. The van der Waals surface area contributed by atoms with E-state index in [1.165, 1.54) is 5.56 Å². The van der Waals surface area contributed by atoms with Crippen LogP contribution in [0.1, 0.15) is 45.6 Å². The maximum atomic E-state index is 9.13. The second-order valence-electron chi connectivity index (χ2n) is 5.55. The highest BCUT2D eigenvalue weighted by Gasteiger charge is 2.25. The lowest BCUT2D eigenvalue weighted by atomic mass is 9.97. The summed E-state index contributed by atoms with van der Waals surface area (Å²) in [5.74, 6) is 1.38. The molecule has 104 valence electrons. The molecule has 0 spiro atoms. The van der Waals surface area contributed by atoms with E-state index in [0.29, 0.717) is 12.3 Å². The summed E-state index contributed by atoms with van der Waals surface area (Å²) >= 11 is 0. The van der Waals surface area contributed by atoms with Crippen LogP contribution in [0.4, 0.5) is 0 Å². The number of nitriles is 1. The summed E-state index contributed by atoms with van der Waals surface area (Å²) in [6.45, 7) is 8.21. The molecule has 3 nitrogen and oxygen atoms in total. The number of hydrogen-bond donors (Lipinski definition) is 1. The molecule has 0 aliphatic heterocycles. The SMILES string of the molecule is CNC(C)(C#N)CC(C)Oc1ccc(C(C)C)cc1. The molecule has 0 amide bonds. The van der Waals surface area contributed by atoms with Gasteiger partial charge in [-0.25, -0.2) is 0 Å². The molecule has 0 aliphatic carbocycles. The molecule has 19 heavy (non-hydrogen) atoms. The van der Waals surface area contributed by atoms with Gasteiger partial charge in [-0.1, -0.05) is 26.0 Å². The maximum absolute atomic E-state index is 9.13. The fourth-order valence-corrected chi connectivity index (χ4v) is 1.98. The fraction of sp³-hybridized carbons (Fsp3) is 0.562. The van der Waals surface area contributed by atoms with Gasteiger partial charge in [-0.05, 0) is 44.5 Å². The first-order valence-electron chi connectivity index (χ1n) is 6.77. The topological polar surface area (TPSA) is 45.0 Å². The number of nitrogens with one attached hydrogen (secondary N) is 1. The monoisotopic (exact) mass is 260 g/mol. The molecular weight excluding hydrogens is 236 g/mol. The first kappa shape index (κ1) is 15.5. The number of hydrogen-bond acceptors (Lipinski definition) is 3. The lowest BCUT2D eigenvalue weighted by Crippen LogP contribution is -2.41. The Labute approximate surface area is 116 Å². The standard InChI is InChI=1S/C16H24N2O/c1-12(2)14-6-8-15(9-7-14)19-13(3)10-16(4,11-17)18-5/h6-9,12-13,18H,10H2,1-5H3. The molecule has 2 unspecified atom stereocenters. The zero-order valence-electron chi connectivity index (χ0n) is 12.5. The first-order valence-corrected chi connectivity index (χ1v) is 6.77. The minimum atomic E-state index is -0.544. The Morgan fingerprint density at radius 3 is 2.26 bits per heavy atom. The van der Waals surface area contributed by atoms with Gasteiger partial charge in [0.2, 0.25) is 0 Å². The van der Waals surface area contributed by atoms with Gasteiger partial charge in [0.05, 0.1) is 12.2 Å². The van der Waals surface area contributed by atoms with E-state index >= 15 is 0 Å². The van der Waals surface area contributed by atoms with Crippen LogP contribution in [-0.4, -0.2) is 18.7 Å². The van der Waals surface area contributed by atoms with Crippen molar-refractivity contribution in [3.05, 3.63) is 29.8 Å². The number of benzene rings is 1. The third kappa shape index (κ3) is 4.57. The summed E-state index contributed by atoms with van der Waals surface area (Å²) < 4.78 is 5.86. The van der Waals surface area contributed by atoms with Gasteiger partial charge in [-0.3, -0.25) is 0 Å². The van der Waals surface area contributed by atoms with E-state index in [2.05, 4.69) is 37.4 Å². The van der Waals surface area contributed by atoms with Crippen LogP contribution in [0, 0.1) is 11.3 Å². The predicted molar refractivity (Wildman–Crippen MR) is 78.3 cm³/mol. The van der Waals surface area contributed by atoms with Crippen LogP contribution in [0.25, 0.3) is 0 Å². The van der Waals surface area contributed by atoms with Crippen LogP contribution in [0.15, 0.2) is 24.3 Å². The summed E-state index contributed by atoms with van der Waals surface area (Å²) in [5, 5.41) is 12.2. The second kappa shape index (κ2) is 6.58. The van der Waals surface area contributed by atoms with Crippen LogP contribution in [0.5, 0.6) is 5.75 Å². The van der Waals surface area contributed by atoms with Crippen LogP contribution < -0.4 is 10.1 Å².